The van der Waals surface area contributed by atoms with E-state index in [1.54, 1.807) is 7.05 Å². The Balaban J connectivity index is 1.99. The molecule has 4 rings (SSSR count). The maximum atomic E-state index is 12.3. The molecule has 0 saturated heterocycles. The number of nitrogens with zero attached hydrogens (tertiary/aromatic N) is 4. The van der Waals surface area contributed by atoms with Gasteiger partial charge < -0.3 is 9.47 Å². The van der Waals surface area contributed by atoms with Crippen molar-refractivity contribution in [2.45, 2.75) is 19.4 Å². The molecule has 1 aromatic carbocycles. The average Bonchev–Trinajstić information content (AvgIpc) is 2.82. The molecule has 124 valence electrons. The van der Waals surface area contributed by atoms with Gasteiger partial charge in [0.2, 0.25) is 5.95 Å². The van der Waals surface area contributed by atoms with Crippen molar-refractivity contribution in [2.75, 3.05) is 11.4 Å². The number of aromatic amines is 1. The summed E-state index contributed by atoms with van der Waals surface area (Å²) in [6.45, 7) is 1.48. The van der Waals surface area contributed by atoms with E-state index in [0.717, 1.165) is 25.1 Å². The van der Waals surface area contributed by atoms with E-state index >= 15 is 0 Å². The Kier molecular flexibility index (Phi) is 3.45. The van der Waals surface area contributed by atoms with Crippen LogP contribution < -0.4 is 16.1 Å². The van der Waals surface area contributed by atoms with Gasteiger partial charge in [-0.25, -0.2) is 4.79 Å². The van der Waals surface area contributed by atoms with Gasteiger partial charge in [0, 0.05) is 30.8 Å². The fourth-order valence-electron chi connectivity index (χ4n) is 3.15. The number of hydrogen-bond donors (Lipinski definition) is 1. The summed E-state index contributed by atoms with van der Waals surface area (Å²) in [6, 6.07) is 7.52. The third-order valence-electron chi connectivity index (χ3n) is 4.38. The molecule has 3 aromatic rings. The topological polar surface area (TPSA) is 75.9 Å². The molecule has 0 bridgehead atoms. The number of benzene rings is 1. The van der Waals surface area contributed by atoms with E-state index in [-0.39, 0.29) is 0 Å². The molecule has 1 aliphatic heterocycles. The molecule has 0 spiro atoms. The van der Waals surface area contributed by atoms with Crippen LogP contribution >= 0.6 is 11.6 Å². The molecule has 0 saturated carbocycles. The summed E-state index contributed by atoms with van der Waals surface area (Å²) in [6.07, 6.45) is 1.92. The number of aromatic nitrogens is 4. The van der Waals surface area contributed by atoms with Crippen LogP contribution in [-0.4, -0.2) is 25.6 Å². The van der Waals surface area contributed by atoms with Crippen molar-refractivity contribution in [3.63, 3.8) is 0 Å². The summed E-state index contributed by atoms with van der Waals surface area (Å²) in [5.74, 6) is 0.677. The number of nitrogens with one attached hydrogen (secondary N) is 1. The van der Waals surface area contributed by atoms with Crippen LogP contribution in [0.25, 0.3) is 11.2 Å². The van der Waals surface area contributed by atoms with Gasteiger partial charge >= 0.3 is 5.69 Å². The lowest BCUT2D eigenvalue weighted by atomic mass is 10.2. The van der Waals surface area contributed by atoms with Crippen molar-refractivity contribution in [3.05, 3.63) is 50.1 Å². The van der Waals surface area contributed by atoms with Crippen molar-refractivity contribution >= 4 is 34.4 Å². The van der Waals surface area contributed by atoms with E-state index < -0.39 is 11.2 Å². The lowest BCUT2D eigenvalue weighted by molar-refractivity contribution is 0.665. The molecule has 0 amide bonds. The van der Waals surface area contributed by atoms with Crippen molar-refractivity contribution in [2.24, 2.45) is 7.05 Å². The van der Waals surface area contributed by atoms with E-state index in [1.807, 2.05) is 28.8 Å². The largest absolute Gasteiger partial charge is 0.329 e. The summed E-state index contributed by atoms with van der Waals surface area (Å²) >= 11 is 5.98. The standard InChI is InChI=1S/C16H16ClN5O2/c1-20-13-12(14(23)19-16(20)24)22-9-3-2-8-21(15(22)18-13)11-6-4-10(17)5-7-11/h4-7H,2-3,8-9H2,1H3,(H,19,23,24). The first-order valence-electron chi connectivity index (χ1n) is 7.79. The molecular weight excluding hydrogens is 330 g/mol. The number of anilines is 2. The van der Waals surface area contributed by atoms with Gasteiger partial charge in [0.25, 0.3) is 5.56 Å². The molecule has 0 atom stereocenters. The lowest BCUT2D eigenvalue weighted by Gasteiger charge is -2.21. The number of imidazole rings is 1. The zero-order chi connectivity index (χ0) is 16.8. The minimum Gasteiger partial charge on any atom is -0.312 e. The van der Waals surface area contributed by atoms with Crippen molar-refractivity contribution < 1.29 is 0 Å². The summed E-state index contributed by atoms with van der Waals surface area (Å²) in [7, 11) is 1.61. The Morgan fingerprint density at radius 3 is 2.58 bits per heavy atom. The van der Waals surface area contributed by atoms with Gasteiger partial charge in [0.05, 0.1) is 0 Å². The predicted molar refractivity (Wildman–Crippen MR) is 93.3 cm³/mol. The molecule has 0 aliphatic carbocycles. The first-order chi connectivity index (χ1) is 11.6. The SMILES string of the molecule is Cn1c(=O)[nH]c(=O)c2c1nc1n2CCCCN1c1ccc(Cl)cc1. The fourth-order valence-corrected chi connectivity index (χ4v) is 3.27. The zero-order valence-electron chi connectivity index (χ0n) is 13.1. The van der Waals surface area contributed by atoms with Crippen LogP contribution in [0.4, 0.5) is 11.6 Å². The molecule has 3 heterocycles. The quantitative estimate of drug-likeness (QED) is 0.732. The third-order valence-corrected chi connectivity index (χ3v) is 4.63. The summed E-state index contributed by atoms with van der Waals surface area (Å²) in [4.78, 5) is 33.2. The highest BCUT2D eigenvalue weighted by atomic mass is 35.5. The van der Waals surface area contributed by atoms with Gasteiger partial charge in [0.15, 0.2) is 11.2 Å². The van der Waals surface area contributed by atoms with Crippen LogP contribution in [0.3, 0.4) is 0 Å². The van der Waals surface area contributed by atoms with E-state index in [2.05, 4.69) is 14.9 Å². The van der Waals surface area contributed by atoms with Crippen LogP contribution in [0, 0.1) is 0 Å². The van der Waals surface area contributed by atoms with E-state index in [4.69, 9.17) is 11.6 Å². The average molecular weight is 346 g/mol. The summed E-state index contributed by atoms with van der Waals surface area (Å²) in [5.41, 5.74) is 0.940. The van der Waals surface area contributed by atoms with Gasteiger partial charge in [-0.15, -0.1) is 0 Å². The van der Waals surface area contributed by atoms with Crippen LogP contribution in [0.1, 0.15) is 12.8 Å². The molecule has 24 heavy (non-hydrogen) atoms. The Labute approximate surface area is 142 Å². The van der Waals surface area contributed by atoms with Crippen LogP contribution in [0.5, 0.6) is 0 Å². The van der Waals surface area contributed by atoms with E-state index in [1.165, 1.54) is 4.57 Å². The molecule has 1 aliphatic rings. The van der Waals surface area contributed by atoms with E-state index in [9.17, 15) is 9.59 Å². The molecule has 8 heteroatoms. The van der Waals surface area contributed by atoms with Crippen LogP contribution in [-0.2, 0) is 13.6 Å². The second-order valence-corrected chi connectivity index (χ2v) is 6.33. The Morgan fingerprint density at radius 1 is 1.12 bits per heavy atom. The Morgan fingerprint density at radius 2 is 1.83 bits per heavy atom. The normalized spacial score (nSPS) is 14.7. The van der Waals surface area contributed by atoms with Crippen LogP contribution in [0.15, 0.2) is 33.9 Å². The van der Waals surface area contributed by atoms with Gasteiger partial charge in [-0.05, 0) is 37.1 Å². The number of hydrogen-bond acceptors (Lipinski definition) is 4. The second-order valence-electron chi connectivity index (χ2n) is 5.89. The Hall–Kier alpha value is -2.54. The fraction of sp³-hybridized carbons (Fsp3) is 0.312. The molecule has 0 radical (unpaired) electrons. The maximum Gasteiger partial charge on any atom is 0.329 e. The van der Waals surface area contributed by atoms with Crippen molar-refractivity contribution in [1.82, 2.24) is 19.1 Å². The first-order valence-corrected chi connectivity index (χ1v) is 8.17. The number of aryl methyl sites for hydroxylation is 2. The van der Waals surface area contributed by atoms with Gasteiger partial charge in [-0.1, -0.05) is 11.6 Å². The minimum absolute atomic E-state index is 0.398. The van der Waals surface area contributed by atoms with Gasteiger partial charge in [0.1, 0.15) is 0 Å². The monoisotopic (exact) mass is 345 g/mol. The van der Waals surface area contributed by atoms with E-state index in [0.29, 0.717) is 28.7 Å². The highest BCUT2D eigenvalue weighted by Crippen LogP contribution is 2.30. The molecule has 1 N–H and O–H groups in total. The van der Waals surface area contributed by atoms with Crippen LogP contribution in [0.2, 0.25) is 5.02 Å². The van der Waals surface area contributed by atoms with Crippen molar-refractivity contribution in [3.8, 4) is 0 Å². The highest BCUT2D eigenvalue weighted by Gasteiger charge is 2.24. The second kappa shape index (κ2) is 5.52. The smallest absolute Gasteiger partial charge is 0.312 e. The summed E-state index contributed by atoms with van der Waals surface area (Å²) < 4.78 is 3.27. The minimum atomic E-state index is -0.459. The maximum absolute atomic E-state index is 12.3. The summed E-state index contributed by atoms with van der Waals surface area (Å²) in [5, 5.41) is 0.668. The van der Waals surface area contributed by atoms with Gasteiger partial charge in [-0.3, -0.25) is 14.3 Å². The molecule has 0 unspecified atom stereocenters. The molecular formula is C16H16ClN5O2. The zero-order valence-corrected chi connectivity index (χ0v) is 13.9. The number of rotatable bonds is 1. The predicted octanol–water partition coefficient (Wildman–Crippen LogP) is 2.01. The Bertz CT molecular complexity index is 1030. The third kappa shape index (κ3) is 2.24. The number of H-pyrrole nitrogens is 1. The number of fused-ring (bicyclic) bond motifs is 3. The number of halogens is 1. The highest BCUT2D eigenvalue weighted by molar-refractivity contribution is 6.30. The molecule has 7 nitrogen and oxygen atoms in total. The van der Waals surface area contributed by atoms with Crippen molar-refractivity contribution in [1.29, 1.82) is 0 Å². The van der Waals surface area contributed by atoms with Gasteiger partial charge in [-0.2, -0.15) is 4.98 Å². The molecule has 2 aromatic heterocycles. The molecule has 0 fully saturated rings. The first kappa shape index (κ1) is 15.0. The lowest BCUT2D eigenvalue weighted by Crippen LogP contribution is -2.29.